The second-order valence-electron chi connectivity index (χ2n) is 4.55. The summed E-state index contributed by atoms with van der Waals surface area (Å²) in [6.45, 7) is 5.27. The quantitative estimate of drug-likeness (QED) is 0.762. The predicted molar refractivity (Wildman–Crippen MR) is 76.4 cm³/mol. The molecule has 0 fully saturated rings. The summed E-state index contributed by atoms with van der Waals surface area (Å²) in [6, 6.07) is 0. The van der Waals surface area contributed by atoms with E-state index in [1.807, 2.05) is 12.4 Å². The Morgan fingerprint density at radius 2 is 2.00 bits per heavy atom. The third-order valence-corrected chi connectivity index (χ3v) is 3.40. The molecule has 19 heavy (non-hydrogen) atoms. The second-order valence-corrected chi connectivity index (χ2v) is 4.91. The van der Waals surface area contributed by atoms with Crippen LogP contribution in [0.2, 0.25) is 5.15 Å². The van der Waals surface area contributed by atoms with Crippen LogP contribution >= 0.6 is 11.6 Å². The van der Waals surface area contributed by atoms with E-state index in [1.165, 1.54) is 6.33 Å². The van der Waals surface area contributed by atoms with Crippen LogP contribution in [0.25, 0.3) is 0 Å². The highest BCUT2D eigenvalue weighted by molar-refractivity contribution is 6.30. The maximum Gasteiger partial charge on any atom is 0.135 e. The van der Waals surface area contributed by atoms with Crippen molar-refractivity contribution in [2.24, 2.45) is 0 Å². The Kier molecular flexibility index (Phi) is 4.91. The lowest BCUT2D eigenvalue weighted by atomic mass is 10.1. The van der Waals surface area contributed by atoms with Crippen molar-refractivity contribution in [1.82, 2.24) is 19.5 Å². The zero-order valence-electron chi connectivity index (χ0n) is 11.4. The molecule has 2 aromatic heterocycles. The monoisotopic (exact) mass is 278 g/mol. The molecule has 2 rings (SSSR count). The maximum absolute atomic E-state index is 6.17. The lowest BCUT2D eigenvalue weighted by Gasteiger charge is -2.10. The van der Waals surface area contributed by atoms with Crippen molar-refractivity contribution < 1.29 is 0 Å². The average Bonchev–Trinajstić information content (AvgIpc) is 2.82. The molecule has 0 saturated carbocycles. The lowest BCUT2D eigenvalue weighted by molar-refractivity contribution is 0.643. The van der Waals surface area contributed by atoms with Crippen molar-refractivity contribution in [2.75, 3.05) is 0 Å². The van der Waals surface area contributed by atoms with Crippen LogP contribution in [-0.4, -0.2) is 19.5 Å². The van der Waals surface area contributed by atoms with Crippen LogP contribution < -0.4 is 0 Å². The van der Waals surface area contributed by atoms with Gasteiger partial charge in [0.25, 0.3) is 0 Å². The minimum Gasteiger partial charge on any atom is -0.335 e. The van der Waals surface area contributed by atoms with Crippen LogP contribution in [0.1, 0.15) is 43.8 Å². The molecule has 5 heteroatoms. The molecule has 0 aromatic carbocycles. The highest BCUT2D eigenvalue weighted by atomic mass is 35.5. The fourth-order valence-electron chi connectivity index (χ4n) is 2.18. The van der Waals surface area contributed by atoms with E-state index in [0.717, 1.165) is 42.9 Å². The summed E-state index contributed by atoms with van der Waals surface area (Å²) in [6.07, 6.45) is 9.13. The summed E-state index contributed by atoms with van der Waals surface area (Å²) in [5.41, 5.74) is 2.04. The molecular weight excluding hydrogens is 260 g/mol. The van der Waals surface area contributed by atoms with Gasteiger partial charge in [0.15, 0.2) is 0 Å². The molecule has 0 aliphatic heterocycles. The number of nitrogens with zero attached hydrogens (tertiary/aromatic N) is 4. The minimum absolute atomic E-state index is 0.570. The molecule has 0 aliphatic rings. The first-order chi connectivity index (χ1) is 9.26. The molecule has 0 N–H and O–H groups in total. The van der Waals surface area contributed by atoms with Crippen LogP contribution in [0.3, 0.4) is 0 Å². The van der Waals surface area contributed by atoms with Gasteiger partial charge in [-0.2, -0.15) is 0 Å². The van der Waals surface area contributed by atoms with Gasteiger partial charge in [-0.3, -0.25) is 0 Å². The third-order valence-electron chi connectivity index (χ3n) is 3.07. The Morgan fingerprint density at radius 1 is 1.16 bits per heavy atom. The number of aromatic nitrogens is 4. The molecule has 4 nitrogen and oxygen atoms in total. The van der Waals surface area contributed by atoms with E-state index < -0.39 is 0 Å². The number of hydrogen-bond acceptors (Lipinski definition) is 3. The molecule has 2 heterocycles. The molecule has 0 unspecified atom stereocenters. The molecular formula is C14H19ClN4. The van der Waals surface area contributed by atoms with E-state index in [9.17, 15) is 0 Å². The standard InChI is InChI=1S/C14H19ClN4/c1-3-5-11-12(17-10-18-14(11)15)9-13-16-6-8-19(13)7-4-2/h6,8,10H,3-5,7,9H2,1-2H3. The van der Waals surface area contributed by atoms with Crippen molar-refractivity contribution in [1.29, 1.82) is 0 Å². The number of aryl methyl sites for hydroxylation is 1. The Morgan fingerprint density at radius 3 is 2.74 bits per heavy atom. The van der Waals surface area contributed by atoms with E-state index >= 15 is 0 Å². The average molecular weight is 279 g/mol. The summed E-state index contributed by atoms with van der Waals surface area (Å²) in [4.78, 5) is 12.9. The van der Waals surface area contributed by atoms with Gasteiger partial charge in [-0.05, 0) is 12.8 Å². The summed E-state index contributed by atoms with van der Waals surface area (Å²) >= 11 is 6.17. The Bertz CT molecular complexity index is 536. The van der Waals surface area contributed by atoms with E-state index in [0.29, 0.717) is 11.6 Å². The van der Waals surface area contributed by atoms with Crippen LogP contribution in [-0.2, 0) is 19.4 Å². The number of rotatable bonds is 6. The van der Waals surface area contributed by atoms with Crippen LogP contribution in [0, 0.1) is 0 Å². The van der Waals surface area contributed by atoms with E-state index in [2.05, 4.69) is 33.4 Å². The van der Waals surface area contributed by atoms with Gasteiger partial charge in [-0.25, -0.2) is 15.0 Å². The third kappa shape index (κ3) is 3.32. The Labute approximate surface area is 118 Å². The fourth-order valence-corrected chi connectivity index (χ4v) is 2.42. The van der Waals surface area contributed by atoms with Gasteiger partial charge < -0.3 is 4.57 Å². The second kappa shape index (κ2) is 6.66. The molecule has 0 atom stereocenters. The van der Waals surface area contributed by atoms with Gasteiger partial charge >= 0.3 is 0 Å². The molecule has 0 radical (unpaired) electrons. The molecule has 0 bridgehead atoms. The summed E-state index contributed by atoms with van der Waals surface area (Å²) in [7, 11) is 0. The van der Waals surface area contributed by atoms with Gasteiger partial charge in [0.1, 0.15) is 17.3 Å². The van der Waals surface area contributed by atoms with Crippen LogP contribution in [0.15, 0.2) is 18.7 Å². The molecule has 2 aromatic rings. The largest absolute Gasteiger partial charge is 0.335 e. The van der Waals surface area contributed by atoms with E-state index in [4.69, 9.17) is 11.6 Å². The Hall–Kier alpha value is -1.42. The minimum atomic E-state index is 0.570. The first-order valence-electron chi connectivity index (χ1n) is 6.74. The van der Waals surface area contributed by atoms with Gasteiger partial charge in [0.2, 0.25) is 0 Å². The van der Waals surface area contributed by atoms with Gasteiger partial charge in [-0.1, -0.05) is 31.9 Å². The van der Waals surface area contributed by atoms with Crippen LogP contribution in [0.5, 0.6) is 0 Å². The first kappa shape index (κ1) is 14.0. The summed E-state index contributed by atoms with van der Waals surface area (Å²) in [5.74, 6) is 1.04. The predicted octanol–water partition coefficient (Wildman–Crippen LogP) is 3.28. The molecule has 0 saturated heterocycles. The SMILES string of the molecule is CCCc1c(Cl)ncnc1Cc1nccn1CCC. The van der Waals surface area contributed by atoms with Crippen molar-refractivity contribution in [3.8, 4) is 0 Å². The van der Waals surface area contributed by atoms with E-state index in [-0.39, 0.29) is 0 Å². The molecule has 102 valence electrons. The van der Waals surface area contributed by atoms with Crippen LogP contribution in [0.4, 0.5) is 0 Å². The van der Waals surface area contributed by atoms with Gasteiger partial charge in [-0.15, -0.1) is 0 Å². The van der Waals surface area contributed by atoms with Crippen molar-refractivity contribution in [2.45, 2.75) is 46.1 Å². The highest BCUT2D eigenvalue weighted by Gasteiger charge is 2.12. The first-order valence-corrected chi connectivity index (χ1v) is 7.12. The lowest BCUT2D eigenvalue weighted by Crippen LogP contribution is -2.07. The summed E-state index contributed by atoms with van der Waals surface area (Å²) < 4.78 is 2.17. The van der Waals surface area contributed by atoms with Crippen molar-refractivity contribution in [3.63, 3.8) is 0 Å². The van der Waals surface area contributed by atoms with Gasteiger partial charge in [0, 0.05) is 30.9 Å². The molecule has 0 aliphatic carbocycles. The normalized spacial score (nSPS) is 10.9. The number of imidazole rings is 1. The van der Waals surface area contributed by atoms with Gasteiger partial charge in [0.05, 0.1) is 5.69 Å². The smallest absolute Gasteiger partial charge is 0.135 e. The number of hydrogen-bond donors (Lipinski definition) is 0. The molecule has 0 amide bonds. The Balaban J connectivity index is 2.27. The zero-order valence-corrected chi connectivity index (χ0v) is 12.2. The maximum atomic E-state index is 6.17. The van der Waals surface area contributed by atoms with E-state index in [1.54, 1.807) is 0 Å². The van der Waals surface area contributed by atoms with Crippen molar-refractivity contribution >= 4 is 11.6 Å². The highest BCUT2D eigenvalue weighted by Crippen LogP contribution is 2.19. The topological polar surface area (TPSA) is 43.6 Å². The zero-order chi connectivity index (χ0) is 13.7. The number of halogens is 1. The van der Waals surface area contributed by atoms with Crippen molar-refractivity contribution in [3.05, 3.63) is 41.0 Å². The fraction of sp³-hybridized carbons (Fsp3) is 0.500. The molecule has 0 spiro atoms. The summed E-state index contributed by atoms with van der Waals surface area (Å²) in [5, 5.41) is 0.570.